The summed E-state index contributed by atoms with van der Waals surface area (Å²) in [5.74, 6) is 1.23. The maximum absolute atomic E-state index is 10.7. The first kappa shape index (κ1) is 25.1. The van der Waals surface area contributed by atoms with Gasteiger partial charge in [-0.2, -0.15) is 0 Å². The normalized spacial score (nSPS) is 16.0. The molecule has 0 fully saturated rings. The first-order chi connectivity index (χ1) is 15.3. The summed E-state index contributed by atoms with van der Waals surface area (Å²) in [6.07, 6.45) is 0. The van der Waals surface area contributed by atoms with Crippen LogP contribution < -0.4 is 0 Å². The van der Waals surface area contributed by atoms with E-state index in [4.69, 9.17) is 11.6 Å². The number of halogens is 7. The van der Waals surface area contributed by atoms with E-state index in [1.165, 1.54) is 17.0 Å². The second kappa shape index (κ2) is 8.99. The SMILES string of the molecule is Clc1ccccc1C1=[N+](Cc2ccccc2)CCN1Cc1ccccc1.F[P-](F)(F)(F)(F)F. The van der Waals surface area contributed by atoms with Gasteiger partial charge in [0, 0.05) is 0 Å². The zero-order valence-corrected chi connectivity index (χ0v) is 19.0. The third-order valence-corrected chi connectivity index (χ3v) is 5.12. The molecule has 0 amide bonds. The van der Waals surface area contributed by atoms with Crippen molar-refractivity contribution in [2.45, 2.75) is 13.1 Å². The van der Waals surface area contributed by atoms with Gasteiger partial charge in [0.15, 0.2) is 0 Å². The molecule has 4 rings (SSSR count). The molecule has 1 heterocycles. The van der Waals surface area contributed by atoms with Crippen molar-refractivity contribution in [1.29, 1.82) is 0 Å². The molecule has 0 radical (unpaired) electrons. The second-order valence-corrected chi connectivity index (χ2v) is 9.90. The van der Waals surface area contributed by atoms with E-state index in [1.54, 1.807) is 0 Å². The standard InChI is InChI=1S/C23H22ClN2.F6P/c24-22-14-8-7-13-21(22)23-25(17-19-9-3-1-4-10-19)15-16-26(23)18-20-11-5-2-6-12-20;1-7(2,3,4,5)6/h1-14H,15-18H2;/q+1;-1. The molecule has 0 aromatic heterocycles. The maximum atomic E-state index is 9.87. The molecule has 0 spiro atoms. The Kier molecular flexibility index (Phi) is 6.83. The van der Waals surface area contributed by atoms with E-state index in [2.05, 4.69) is 82.3 Å². The molecule has 3 aromatic carbocycles. The molecule has 10 heteroatoms. The molecule has 178 valence electrons. The number of rotatable bonds is 5. The molecular weight excluding hydrogens is 485 g/mol. The molecule has 0 atom stereocenters. The molecule has 1 aliphatic rings. The van der Waals surface area contributed by atoms with Crippen molar-refractivity contribution in [1.82, 2.24) is 4.90 Å². The van der Waals surface area contributed by atoms with Crippen molar-refractivity contribution in [2.24, 2.45) is 0 Å². The fourth-order valence-corrected chi connectivity index (χ4v) is 3.77. The third kappa shape index (κ3) is 9.06. The Bertz CT molecular complexity index is 1110. The summed E-state index contributed by atoms with van der Waals surface area (Å²) < 4.78 is 61.6. The number of hydrogen-bond acceptors (Lipinski definition) is 1. The third-order valence-electron chi connectivity index (χ3n) is 4.79. The van der Waals surface area contributed by atoms with Crippen LogP contribution in [0.4, 0.5) is 25.2 Å². The molecule has 0 aliphatic carbocycles. The van der Waals surface area contributed by atoms with E-state index in [1.807, 2.05) is 12.1 Å². The zero-order chi connectivity index (χ0) is 24.2. The van der Waals surface area contributed by atoms with Crippen LogP contribution in [0.5, 0.6) is 0 Å². The van der Waals surface area contributed by atoms with Gasteiger partial charge in [-0.15, -0.1) is 0 Å². The summed E-state index contributed by atoms with van der Waals surface area (Å²) in [5.41, 5.74) is 3.75. The fourth-order valence-electron chi connectivity index (χ4n) is 3.55. The Hall–Kier alpha value is -2.57. The topological polar surface area (TPSA) is 6.25 Å². The van der Waals surface area contributed by atoms with Gasteiger partial charge >= 0.3 is 33.0 Å². The van der Waals surface area contributed by atoms with Crippen molar-refractivity contribution in [3.05, 3.63) is 107 Å². The summed E-state index contributed by atoms with van der Waals surface area (Å²) in [7, 11) is -10.7. The molecular formula is C23H22ClF6N2P. The minimum absolute atomic E-state index is 0.806. The van der Waals surface area contributed by atoms with Gasteiger partial charge in [-0.25, -0.2) is 0 Å². The monoisotopic (exact) mass is 506 g/mol. The predicted octanol–water partition coefficient (Wildman–Crippen LogP) is 8.20. The van der Waals surface area contributed by atoms with Gasteiger partial charge in [0.25, 0.3) is 5.84 Å². The van der Waals surface area contributed by atoms with Crippen molar-refractivity contribution in [2.75, 3.05) is 13.1 Å². The van der Waals surface area contributed by atoms with E-state index in [-0.39, 0.29) is 0 Å². The van der Waals surface area contributed by atoms with Gasteiger partial charge in [0.2, 0.25) is 0 Å². The van der Waals surface area contributed by atoms with Crippen molar-refractivity contribution in [3.8, 4) is 0 Å². The Morgan fingerprint density at radius 1 is 0.727 bits per heavy atom. The van der Waals surface area contributed by atoms with E-state index >= 15 is 0 Å². The molecule has 0 bridgehead atoms. The van der Waals surface area contributed by atoms with Gasteiger partial charge in [-0.1, -0.05) is 84.4 Å². The molecule has 0 saturated carbocycles. The van der Waals surface area contributed by atoms with Crippen molar-refractivity contribution >= 4 is 25.2 Å². The summed E-state index contributed by atoms with van der Waals surface area (Å²) in [6, 6.07) is 29.4. The Morgan fingerprint density at radius 2 is 1.21 bits per heavy atom. The average molecular weight is 507 g/mol. The quantitative estimate of drug-likeness (QED) is 0.192. The first-order valence-electron chi connectivity index (χ1n) is 10.0. The molecule has 33 heavy (non-hydrogen) atoms. The second-order valence-electron chi connectivity index (χ2n) is 7.58. The van der Waals surface area contributed by atoms with Crippen molar-refractivity contribution in [3.63, 3.8) is 0 Å². The number of nitrogens with zero attached hydrogens (tertiary/aromatic N) is 2. The number of hydrogen-bond donors (Lipinski definition) is 0. The Balaban J connectivity index is 0.000000383. The zero-order valence-electron chi connectivity index (χ0n) is 17.4. The molecule has 0 N–H and O–H groups in total. The van der Waals surface area contributed by atoms with Crippen LogP contribution in [0.1, 0.15) is 16.7 Å². The molecule has 0 unspecified atom stereocenters. The predicted molar refractivity (Wildman–Crippen MR) is 121 cm³/mol. The fraction of sp³-hybridized carbons (Fsp3) is 0.174. The van der Waals surface area contributed by atoms with Gasteiger partial charge in [-0.3, -0.25) is 9.48 Å². The summed E-state index contributed by atoms with van der Waals surface area (Å²) in [5, 5.41) is 0.806. The van der Waals surface area contributed by atoms with E-state index < -0.39 is 7.81 Å². The molecule has 1 aliphatic heterocycles. The van der Waals surface area contributed by atoms with Gasteiger partial charge in [0.05, 0.1) is 10.6 Å². The van der Waals surface area contributed by atoms with E-state index in [0.29, 0.717) is 0 Å². The van der Waals surface area contributed by atoms with Crippen LogP contribution in [0.15, 0.2) is 84.9 Å². The van der Waals surface area contributed by atoms with Crippen LogP contribution in [0.2, 0.25) is 5.02 Å². The average Bonchev–Trinajstić information content (AvgIpc) is 3.09. The minimum atomic E-state index is -10.7. The van der Waals surface area contributed by atoms with Gasteiger partial charge in [-0.05, 0) is 23.3 Å². The van der Waals surface area contributed by atoms with Crippen LogP contribution in [-0.4, -0.2) is 28.4 Å². The molecule has 0 saturated heterocycles. The Labute approximate surface area is 193 Å². The first-order valence-corrected chi connectivity index (χ1v) is 12.4. The van der Waals surface area contributed by atoms with Crippen LogP contribution in [0, 0.1) is 0 Å². The Morgan fingerprint density at radius 3 is 1.76 bits per heavy atom. The van der Waals surface area contributed by atoms with Crippen LogP contribution in [-0.2, 0) is 13.1 Å². The van der Waals surface area contributed by atoms with Gasteiger partial charge < -0.3 is 0 Å². The van der Waals surface area contributed by atoms with E-state index in [0.717, 1.165) is 36.8 Å². The molecule has 2 nitrogen and oxygen atoms in total. The summed E-state index contributed by atoms with van der Waals surface area (Å²) in [4.78, 5) is 2.44. The number of amidine groups is 1. The van der Waals surface area contributed by atoms with Crippen LogP contribution in [0.25, 0.3) is 0 Å². The van der Waals surface area contributed by atoms with Gasteiger partial charge in [0.1, 0.15) is 26.2 Å². The molecule has 3 aromatic rings. The van der Waals surface area contributed by atoms with Crippen LogP contribution in [0.3, 0.4) is 0 Å². The summed E-state index contributed by atoms with van der Waals surface area (Å²) >= 11 is 6.57. The van der Waals surface area contributed by atoms with E-state index in [9.17, 15) is 25.2 Å². The van der Waals surface area contributed by atoms with Crippen LogP contribution >= 0.6 is 19.4 Å². The number of benzene rings is 3. The van der Waals surface area contributed by atoms with Crippen molar-refractivity contribution < 1.29 is 29.8 Å². The summed E-state index contributed by atoms with van der Waals surface area (Å²) in [6.45, 7) is 3.80.